The summed E-state index contributed by atoms with van der Waals surface area (Å²) in [5.74, 6) is 0.688. The minimum absolute atomic E-state index is 0.0121. The van der Waals surface area contributed by atoms with Gasteiger partial charge in [-0.15, -0.1) is 10.2 Å². The molecule has 1 N–H and O–H groups in total. The molecule has 0 aromatic carbocycles. The van der Waals surface area contributed by atoms with Crippen LogP contribution in [0.25, 0.3) is 0 Å². The first-order valence-electron chi connectivity index (χ1n) is 8.42. The van der Waals surface area contributed by atoms with Crippen molar-refractivity contribution in [1.82, 2.24) is 15.1 Å². The van der Waals surface area contributed by atoms with Crippen molar-refractivity contribution in [2.24, 2.45) is 17.8 Å². The average molecular weight is 338 g/mol. The molecule has 1 aliphatic rings. The van der Waals surface area contributed by atoms with Crippen molar-refractivity contribution in [2.45, 2.75) is 46.5 Å². The molecule has 1 aromatic heterocycles. The fourth-order valence-electron chi connectivity index (χ4n) is 3.28. The van der Waals surface area contributed by atoms with E-state index in [1.807, 2.05) is 11.8 Å². The minimum atomic E-state index is -0.0496. The predicted octanol–water partition coefficient (Wildman–Crippen LogP) is 2.79. The largest absolute Gasteiger partial charge is 0.342 e. The van der Waals surface area contributed by atoms with Crippen LogP contribution in [0.4, 0.5) is 5.13 Å². The summed E-state index contributed by atoms with van der Waals surface area (Å²) in [6.07, 6.45) is 3.49. The summed E-state index contributed by atoms with van der Waals surface area (Å²) in [6, 6.07) is 0. The average Bonchev–Trinajstić information content (AvgIpc) is 3.08. The molecule has 7 heteroatoms. The number of hydrogen-bond donors (Lipinski definition) is 1. The highest BCUT2D eigenvalue weighted by atomic mass is 32.1. The van der Waals surface area contributed by atoms with Crippen LogP contribution in [0.3, 0.4) is 0 Å². The van der Waals surface area contributed by atoms with Crippen molar-refractivity contribution in [3.63, 3.8) is 0 Å². The van der Waals surface area contributed by atoms with Crippen molar-refractivity contribution in [2.75, 3.05) is 18.4 Å². The quantitative estimate of drug-likeness (QED) is 0.865. The van der Waals surface area contributed by atoms with E-state index >= 15 is 0 Å². The highest BCUT2D eigenvalue weighted by molar-refractivity contribution is 7.13. The molecule has 2 heterocycles. The molecule has 0 spiro atoms. The van der Waals surface area contributed by atoms with Crippen LogP contribution in [-0.4, -0.2) is 40.0 Å². The first kappa shape index (κ1) is 17.8. The van der Waals surface area contributed by atoms with Crippen molar-refractivity contribution in [3.05, 3.63) is 5.51 Å². The Bertz CT molecular complexity index is 508. The van der Waals surface area contributed by atoms with E-state index in [0.29, 0.717) is 37.0 Å². The Kier molecular flexibility index (Phi) is 6.50. The highest BCUT2D eigenvalue weighted by Gasteiger charge is 2.31. The van der Waals surface area contributed by atoms with Gasteiger partial charge in [0, 0.05) is 24.9 Å². The Morgan fingerprint density at radius 2 is 2.00 bits per heavy atom. The van der Waals surface area contributed by atoms with Crippen molar-refractivity contribution < 1.29 is 9.59 Å². The topological polar surface area (TPSA) is 75.2 Å². The van der Waals surface area contributed by atoms with E-state index in [1.165, 1.54) is 11.3 Å². The summed E-state index contributed by atoms with van der Waals surface area (Å²) >= 11 is 1.31. The molecular weight excluding hydrogens is 312 g/mol. The highest BCUT2D eigenvalue weighted by Crippen LogP contribution is 2.25. The summed E-state index contributed by atoms with van der Waals surface area (Å²) < 4.78 is 0. The molecule has 1 saturated heterocycles. The number of piperidine rings is 1. The molecule has 1 fully saturated rings. The van der Waals surface area contributed by atoms with Gasteiger partial charge < -0.3 is 10.2 Å². The molecule has 1 atom stereocenters. The number of rotatable bonds is 6. The number of nitrogens with one attached hydrogen (secondary N) is 1. The van der Waals surface area contributed by atoms with Gasteiger partial charge in [-0.25, -0.2) is 0 Å². The number of aromatic nitrogens is 2. The molecular formula is C16H26N4O2S. The summed E-state index contributed by atoms with van der Waals surface area (Å²) in [4.78, 5) is 26.7. The molecule has 0 aliphatic carbocycles. The number of carbonyl (C=O) groups excluding carboxylic acids is 2. The molecule has 1 unspecified atom stereocenters. The third-order valence-corrected chi connectivity index (χ3v) is 5.52. The summed E-state index contributed by atoms with van der Waals surface area (Å²) in [5.41, 5.74) is 1.59. The summed E-state index contributed by atoms with van der Waals surface area (Å²) in [7, 11) is 0. The fraction of sp³-hybridized carbons (Fsp3) is 0.750. The number of amides is 2. The molecule has 2 amide bonds. The maximum absolute atomic E-state index is 12.6. The summed E-state index contributed by atoms with van der Waals surface area (Å²) in [6.45, 7) is 7.65. The van der Waals surface area contributed by atoms with Gasteiger partial charge in [0.1, 0.15) is 5.51 Å². The van der Waals surface area contributed by atoms with Crippen LogP contribution in [0, 0.1) is 17.8 Å². The van der Waals surface area contributed by atoms with E-state index in [4.69, 9.17) is 0 Å². The second-order valence-electron chi connectivity index (χ2n) is 6.20. The number of likely N-dealkylation sites (tertiary alicyclic amines) is 1. The lowest BCUT2D eigenvalue weighted by atomic mass is 9.87. The van der Waals surface area contributed by atoms with E-state index in [9.17, 15) is 9.59 Å². The van der Waals surface area contributed by atoms with Gasteiger partial charge in [-0.1, -0.05) is 44.9 Å². The fourth-order valence-corrected chi connectivity index (χ4v) is 3.73. The molecule has 23 heavy (non-hydrogen) atoms. The van der Waals surface area contributed by atoms with E-state index < -0.39 is 0 Å². The second-order valence-corrected chi connectivity index (χ2v) is 7.03. The Labute approximate surface area is 141 Å². The second kappa shape index (κ2) is 8.38. The maximum Gasteiger partial charge on any atom is 0.229 e. The number of hydrogen-bond acceptors (Lipinski definition) is 5. The van der Waals surface area contributed by atoms with Crippen molar-refractivity contribution in [1.29, 1.82) is 0 Å². The van der Waals surface area contributed by atoms with E-state index in [0.717, 1.165) is 12.8 Å². The molecule has 0 bridgehead atoms. The Morgan fingerprint density at radius 3 is 2.52 bits per heavy atom. The third-order valence-electron chi connectivity index (χ3n) is 4.91. The van der Waals surface area contributed by atoms with Gasteiger partial charge in [-0.2, -0.15) is 0 Å². The van der Waals surface area contributed by atoms with Crippen LogP contribution in [0.1, 0.15) is 46.5 Å². The van der Waals surface area contributed by atoms with Gasteiger partial charge in [0.05, 0.1) is 0 Å². The Morgan fingerprint density at radius 1 is 1.35 bits per heavy atom. The smallest absolute Gasteiger partial charge is 0.229 e. The van der Waals surface area contributed by atoms with Crippen LogP contribution in [0.15, 0.2) is 5.51 Å². The van der Waals surface area contributed by atoms with Crippen molar-refractivity contribution >= 4 is 28.3 Å². The molecule has 6 nitrogen and oxygen atoms in total. The van der Waals surface area contributed by atoms with Crippen LogP contribution >= 0.6 is 11.3 Å². The molecule has 2 rings (SSSR count). The summed E-state index contributed by atoms with van der Waals surface area (Å²) in [5, 5.41) is 10.9. The van der Waals surface area contributed by atoms with Crippen LogP contribution < -0.4 is 5.32 Å². The van der Waals surface area contributed by atoms with Gasteiger partial charge in [0.15, 0.2) is 0 Å². The van der Waals surface area contributed by atoms with E-state index in [1.54, 1.807) is 5.51 Å². The van der Waals surface area contributed by atoms with E-state index in [-0.39, 0.29) is 23.7 Å². The number of anilines is 1. The van der Waals surface area contributed by atoms with Gasteiger partial charge in [-0.05, 0) is 18.8 Å². The monoisotopic (exact) mass is 338 g/mol. The molecule has 1 aliphatic heterocycles. The SMILES string of the molecule is CCC(CC)C(C)C(=O)N1CCC(C(=O)Nc2nncs2)CC1. The number of nitrogens with zero attached hydrogens (tertiary/aromatic N) is 3. The molecule has 0 radical (unpaired) electrons. The number of carbonyl (C=O) groups is 2. The van der Waals surface area contributed by atoms with Crippen LogP contribution in [0.2, 0.25) is 0 Å². The van der Waals surface area contributed by atoms with Gasteiger partial charge in [-0.3, -0.25) is 9.59 Å². The van der Waals surface area contributed by atoms with Gasteiger partial charge >= 0.3 is 0 Å². The molecule has 0 saturated carbocycles. The molecule has 1 aromatic rings. The third kappa shape index (κ3) is 4.50. The zero-order valence-electron chi connectivity index (χ0n) is 14.1. The lowest BCUT2D eigenvalue weighted by Gasteiger charge is -2.34. The first-order chi connectivity index (χ1) is 11.1. The minimum Gasteiger partial charge on any atom is -0.342 e. The Hall–Kier alpha value is -1.50. The van der Waals surface area contributed by atoms with Crippen LogP contribution in [-0.2, 0) is 9.59 Å². The standard InChI is InChI=1S/C16H26N4O2S/c1-4-12(5-2)11(3)15(22)20-8-6-13(7-9-20)14(21)18-16-19-17-10-23-16/h10-13H,4-9H2,1-3H3,(H,18,19,21). The normalized spacial score (nSPS) is 17.3. The van der Waals surface area contributed by atoms with Gasteiger partial charge in [0.25, 0.3) is 0 Å². The lowest BCUT2D eigenvalue weighted by Crippen LogP contribution is -2.44. The lowest BCUT2D eigenvalue weighted by molar-refractivity contribution is -0.139. The van der Waals surface area contributed by atoms with Crippen molar-refractivity contribution in [3.8, 4) is 0 Å². The van der Waals surface area contributed by atoms with Crippen LogP contribution in [0.5, 0.6) is 0 Å². The Balaban J connectivity index is 1.83. The molecule has 128 valence electrons. The predicted molar refractivity (Wildman–Crippen MR) is 91.1 cm³/mol. The zero-order chi connectivity index (χ0) is 16.8. The maximum atomic E-state index is 12.6. The van der Waals surface area contributed by atoms with E-state index in [2.05, 4.69) is 29.4 Å². The first-order valence-corrected chi connectivity index (χ1v) is 9.30. The zero-order valence-corrected chi connectivity index (χ0v) is 14.9. The van der Waals surface area contributed by atoms with Gasteiger partial charge in [0.2, 0.25) is 16.9 Å².